The number of hydrogen-bond donors (Lipinski definition) is 2. The van der Waals surface area contributed by atoms with E-state index in [1.54, 1.807) is 17.8 Å². The van der Waals surface area contributed by atoms with Gasteiger partial charge in [-0.05, 0) is 36.2 Å². The zero-order valence-electron chi connectivity index (χ0n) is 11.3. The maximum Gasteiger partial charge on any atom is 0.335 e. The molecule has 1 heterocycles. The number of nitrogen functional groups attached to an aromatic ring is 1. The van der Waals surface area contributed by atoms with E-state index in [1.807, 2.05) is 12.1 Å². The van der Waals surface area contributed by atoms with E-state index in [0.29, 0.717) is 23.3 Å². The molecule has 1 aliphatic heterocycles. The third kappa shape index (κ3) is 2.97. The molecule has 0 spiro atoms. The van der Waals surface area contributed by atoms with Crippen LogP contribution in [0, 0.1) is 0 Å². The highest BCUT2D eigenvalue weighted by Gasteiger charge is 2.22. The number of fused-ring (bicyclic) bond motifs is 1. The zero-order chi connectivity index (χ0) is 14.8. The summed E-state index contributed by atoms with van der Waals surface area (Å²) in [4.78, 5) is 12.3. The lowest BCUT2D eigenvalue weighted by Gasteiger charge is -2.13. The minimum absolute atomic E-state index is 0.182. The van der Waals surface area contributed by atoms with Crippen molar-refractivity contribution in [2.24, 2.45) is 0 Å². The average Bonchev–Trinajstić information content (AvgIpc) is 2.89. The Kier molecular flexibility index (Phi) is 3.75. The number of benzene rings is 2. The van der Waals surface area contributed by atoms with E-state index in [9.17, 15) is 4.79 Å². The third-order valence-electron chi connectivity index (χ3n) is 3.40. The molecular formula is C16H15NO3S. The first-order chi connectivity index (χ1) is 10.1. The molecular weight excluding hydrogens is 286 g/mol. The molecule has 21 heavy (non-hydrogen) atoms. The zero-order valence-corrected chi connectivity index (χ0v) is 12.1. The van der Waals surface area contributed by atoms with Gasteiger partial charge in [0.2, 0.25) is 0 Å². The lowest BCUT2D eigenvalue weighted by Crippen LogP contribution is -2.14. The quantitative estimate of drug-likeness (QED) is 0.849. The summed E-state index contributed by atoms with van der Waals surface area (Å²) in [6, 6.07) is 12.8. The molecule has 5 heteroatoms. The summed E-state index contributed by atoms with van der Waals surface area (Å²) in [5, 5.41) is 9.33. The van der Waals surface area contributed by atoms with Crippen molar-refractivity contribution in [1.82, 2.24) is 0 Å². The second kappa shape index (κ2) is 5.69. The van der Waals surface area contributed by atoms with Crippen LogP contribution in [0.4, 0.5) is 5.69 Å². The number of thioether (sulfide) groups is 1. The molecule has 0 radical (unpaired) electrons. The van der Waals surface area contributed by atoms with Crippen LogP contribution < -0.4 is 10.5 Å². The minimum Gasteiger partial charge on any atom is -0.490 e. The molecule has 1 atom stereocenters. The summed E-state index contributed by atoms with van der Waals surface area (Å²) >= 11 is 1.79. The Labute approximate surface area is 126 Å². The summed E-state index contributed by atoms with van der Waals surface area (Å²) < 4.78 is 5.73. The molecule has 1 aliphatic rings. The molecule has 1 unspecified atom stereocenters. The van der Waals surface area contributed by atoms with Gasteiger partial charge in [-0.3, -0.25) is 0 Å². The monoisotopic (exact) mass is 301 g/mol. The van der Waals surface area contributed by atoms with Crippen molar-refractivity contribution in [3.8, 4) is 5.75 Å². The smallest absolute Gasteiger partial charge is 0.335 e. The predicted octanol–water partition coefficient (Wildman–Crippen LogP) is 3.06. The number of carboxylic acids is 1. The maximum atomic E-state index is 11.0. The number of ether oxygens (including phenoxy) is 1. The molecule has 3 rings (SSSR count). The van der Waals surface area contributed by atoms with Crippen LogP contribution in [0.15, 0.2) is 47.4 Å². The molecule has 0 saturated carbocycles. The molecule has 0 aliphatic carbocycles. The van der Waals surface area contributed by atoms with E-state index >= 15 is 0 Å². The van der Waals surface area contributed by atoms with E-state index < -0.39 is 5.97 Å². The predicted molar refractivity (Wildman–Crippen MR) is 83.1 cm³/mol. The maximum absolute atomic E-state index is 11.0. The van der Waals surface area contributed by atoms with Gasteiger partial charge in [-0.15, -0.1) is 11.8 Å². The van der Waals surface area contributed by atoms with E-state index in [4.69, 9.17) is 15.6 Å². The van der Waals surface area contributed by atoms with Crippen molar-refractivity contribution in [2.75, 3.05) is 12.3 Å². The highest BCUT2D eigenvalue weighted by atomic mass is 32.2. The Bertz CT molecular complexity index is 662. The van der Waals surface area contributed by atoms with Gasteiger partial charge < -0.3 is 15.6 Å². The summed E-state index contributed by atoms with van der Waals surface area (Å²) in [6.07, 6.45) is 0.958. The first kappa shape index (κ1) is 13.8. The normalized spacial score (nSPS) is 16.5. The fourth-order valence-corrected chi connectivity index (χ4v) is 3.54. The van der Waals surface area contributed by atoms with Gasteiger partial charge in [-0.1, -0.05) is 18.2 Å². The molecule has 0 aromatic heterocycles. The van der Waals surface area contributed by atoms with E-state index in [1.165, 1.54) is 22.6 Å². The number of hydrogen-bond acceptors (Lipinski definition) is 4. The Balaban J connectivity index is 1.67. The summed E-state index contributed by atoms with van der Waals surface area (Å²) in [5.41, 5.74) is 7.81. The Hall–Kier alpha value is -2.14. The van der Waals surface area contributed by atoms with Crippen molar-refractivity contribution in [3.05, 3.63) is 53.6 Å². The van der Waals surface area contributed by atoms with Crippen LogP contribution in [-0.4, -0.2) is 22.9 Å². The largest absolute Gasteiger partial charge is 0.490 e. The van der Waals surface area contributed by atoms with Gasteiger partial charge in [0.05, 0.1) is 11.3 Å². The van der Waals surface area contributed by atoms with Crippen LogP contribution >= 0.6 is 11.8 Å². The number of anilines is 1. The van der Waals surface area contributed by atoms with Gasteiger partial charge in [-0.25, -0.2) is 4.79 Å². The van der Waals surface area contributed by atoms with Gasteiger partial charge in [-0.2, -0.15) is 0 Å². The fraction of sp³-hybridized carbons (Fsp3) is 0.188. The van der Waals surface area contributed by atoms with E-state index in [2.05, 4.69) is 12.1 Å². The highest BCUT2D eigenvalue weighted by Crippen LogP contribution is 2.37. The van der Waals surface area contributed by atoms with Gasteiger partial charge in [0, 0.05) is 10.1 Å². The summed E-state index contributed by atoms with van der Waals surface area (Å²) in [5.74, 6) is -0.547. The molecule has 4 nitrogen and oxygen atoms in total. The van der Waals surface area contributed by atoms with Crippen molar-refractivity contribution in [1.29, 1.82) is 0 Å². The van der Waals surface area contributed by atoms with Crippen molar-refractivity contribution >= 4 is 23.4 Å². The average molecular weight is 301 g/mol. The van der Waals surface area contributed by atoms with Crippen molar-refractivity contribution < 1.29 is 14.6 Å². The van der Waals surface area contributed by atoms with Crippen molar-refractivity contribution in [2.45, 2.75) is 16.6 Å². The number of carboxylic acid groups (broad SMARTS) is 1. The number of rotatable bonds is 4. The van der Waals surface area contributed by atoms with Gasteiger partial charge in [0.1, 0.15) is 12.4 Å². The molecule has 0 amide bonds. The Morgan fingerprint density at radius 2 is 2.14 bits per heavy atom. The first-order valence-corrected chi connectivity index (χ1v) is 7.51. The Morgan fingerprint density at radius 3 is 2.90 bits per heavy atom. The summed E-state index contributed by atoms with van der Waals surface area (Å²) in [7, 11) is 0. The van der Waals surface area contributed by atoms with Gasteiger partial charge >= 0.3 is 5.97 Å². The molecule has 108 valence electrons. The van der Waals surface area contributed by atoms with Crippen LogP contribution in [0.2, 0.25) is 0 Å². The molecule has 0 fully saturated rings. The Morgan fingerprint density at radius 1 is 1.33 bits per heavy atom. The van der Waals surface area contributed by atoms with Crippen LogP contribution in [0.1, 0.15) is 15.9 Å². The standard InChI is InChI=1S/C16H15NO3S/c17-13-6-5-11(16(18)19)8-14(13)20-9-12-7-10-3-1-2-4-15(10)21-12/h1-6,8,12H,7,9,17H2,(H,18,19). The fourth-order valence-electron chi connectivity index (χ4n) is 2.32. The van der Waals surface area contributed by atoms with Gasteiger partial charge in [0.15, 0.2) is 0 Å². The summed E-state index contributed by atoms with van der Waals surface area (Å²) in [6.45, 7) is 0.507. The van der Waals surface area contributed by atoms with E-state index in [-0.39, 0.29) is 5.56 Å². The number of aromatic carboxylic acids is 1. The highest BCUT2D eigenvalue weighted by molar-refractivity contribution is 8.00. The number of nitrogens with two attached hydrogens (primary N) is 1. The molecule has 0 saturated heterocycles. The molecule has 3 N–H and O–H groups in total. The van der Waals surface area contributed by atoms with Crippen LogP contribution in [0.25, 0.3) is 0 Å². The van der Waals surface area contributed by atoms with Crippen LogP contribution in [-0.2, 0) is 6.42 Å². The third-order valence-corrected chi connectivity index (χ3v) is 4.69. The lowest BCUT2D eigenvalue weighted by molar-refractivity contribution is 0.0696. The topological polar surface area (TPSA) is 72.6 Å². The minimum atomic E-state index is -0.984. The molecule has 2 aromatic carbocycles. The first-order valence-electron chi connectivity index (χ1n) is 6.63. The molecule has 2 aromatic rings. The number of carbonyl (C=O) groups is 1. The van der Waals surface area contributed by atoms with Crippen LogP contribution in [0.5, 0.6) is 5.75 Å². The van der Waals surface area contributed by atoms with Crippen LogP contribution in [0.3, 0.4) is 0 Å². The SMILES string of the molecule is Nc1ccc(C(=O)O)cc1OCC1Cc2ccccc2S1. The second-order valence-electron chi connectivity index (χ2n) is 4.92. The second-order valence-corrected chi connectivity index (χ2v) is 6.26. The van der Waals surface area contributed by atoms with Gasteiger partial charge in [0.25, 0.3) is 0 Å². The van der Waals surface area contributed by atoms with Crippen molar-refractivity contribution in [3.63, 3.8) is 0 Å². The van der Waals surface area contributed by atoms with E-state index in [0.717, 1.165) is 6.42 Å². The molecule has 0 bridgehead atoms. The lowest BCUT2D eigenvalue weighted by atomic mass is 10.1.